The molecule has 0 aliphatic rings. The summed E-state index contributed by atoms with van der Waals surface area (Å²) in [6.45, 7) is 2.95. The van der Waals surface area contributed by atoms with E-state index in [9.17, 15) is 9.18 Å². The number of nitrogen functional groups attached to an aromatic ring is 1. The molecule has 0 saturated carbocycles. The first kappa shape index (κ1) is 12.4. The second-order valence-electron chi connectivity index (χ2n) is 3.59. The second kappa shape index (κ2) is 5.46. The lowest BCUT2D eigenvalue weighted by atomic mass is 10.1. The van der Waals surface area contributed by atoms with Crippen LogP contribution in [0.15, 0.2) is 18.2 Å². The monoisotopic (exact) mass is 225 g/mol. The third kappa shape index (κ3) is 3.20. The van der Waals surface area contributed by atoms with Gasteiger partial charge in [-0.3, -0.25) is 9.69 Å². The van der Waals surface area contributed by atoms with Crippen LogP contribution < -0.4 is 11.5 Å². The summed E-state index contributed by atoms with van der Waals surface area (Å²) in [5, 5.41) is 0. The molecule has 88 valence electrons. The molecule has 5 heteroatoms. The lowest BCUT2D eigenvalue weighted by Gasteiger charge is -2.19. The van der Waals surface area contributed by atoms with E-state index in [-0.39, 0.29) is 12.2 Å². The highest BCUT2D eigenvalue weighted by Crippen LogP contribution is 2.16. The lowest BCUT2D eigenvalue weighted by Crippen LogP contribution is -2.33. The summed E-state index contributed by atoms with van der Waals surface area (Å²) in [7, 11) is 0. The van der Waals surface area contributed by atoms with Gasteiger partial charge in [-0.1, -0.05) is 19.1 Å². The van der Waals surface area contributed by atoms with Gasteiger partial charge < -0.3 is 11.5 Å². The Balaban J connectivity index is 2.77. The first-order chi connectivity index (χ1) is 7.54. The summed E-state index contributed by atoms with van der Waals surface area (Å²) < 4.78 is 13.6. The fourth-order valence-corrected chi connectivity index (χ4v) is 1.46. The van der Waals surface area contributed by atoms with Crippen LogP contribution in [0.5, 0.6) is 0 Å². The highest BCUT2D eigenvalue weighted by Gasteiger charge is 2.11. The molecule has 0 aliphatic carbocycles. The summed E-state index contributed by atoms with van der Waals surface area (Å²) in [6.07, 6.45) is 0. The number of hydrogen-bond acceptors (Lipinski definition) is 3. The summed E-state index contributed by atoms with van der Waals surface area (Å²) in [5.74, 6) is -0.850. The summed E-state index contributed by atoms with van der Waals surface area (Å²) in [5.41, 5.74) is 11.1. The number of nitrogens with two attached hydrogens (primary N) is 2. The molecule has 0 unspecified atom stereocenters. The predicted molar refractivity (Wildman–Crippen MR) is 61.0 cm³/mol. The van der Waals surface area contributed by atoms with E-state index in [2.05, 4.69) is 0 Å². The molecule has 0 bridgehead atoms. The number of carbonyl (C=O) groups is 1. The molecule has 0 fully saturated rings. The van der Waals surface area contributed by atoms with Crippen LogP contribution in [0.2, 0.25) is 0 Å². The fourth-order valence-electron chi connectivity index (χ4n) is 1.46. The van der Waals surface area contributed by atoms with Crippen molar-refractivity contribution in [1.29, 1.82) is 0 Å². The Morgan fingerprint density at radius 3 is 2.75 bits per heavy atom. The zero-order valence-corrected chi connectivity index (χ0v) is 9.24. The third-order valence-electron chi connectivity index (χ3n) is 2.33. The van der Waals surface area contributed by atoms with Gasteiger partial charge in [0.15, 0.2) is 5.82 Å². The molecule has 4 nitrogen and oxygen atoms in total. The predicted octanol–water partition coefficient (Wildman–Crippen LogP) is 0.715. The number of nitrogens with zero attached hydrogens (tertiary/aromatic N) is 1. The van der Waals surface area contributed by atoms with E-state index in [0.29, 0.717) is 18.7 Å². The Morgan fingerprint density at radius 2 is 2.19 bits per heavy atom. The molecule has 0 saturated heterocycles. The molecule has 1 amide bonds. The number of anilines is 1. The average Bonchev–Trinajstić information content (AvgIpc) is 2.23. The van der Waals surface area contributed by atoms with E-state index >= 15 is 0 Å². The molecule has 1 aromatic carbocycles. The molecule has 0 atom stereocenters. The highest BCUT2D eigenvalue weighted by molar-refractivity contribution is 5.75. The molecule has 0 heterocycles. The van der Waals surface area contributed by atoms with Gasteiger partial charge >= 0.3 is 0 Å². The smallest absolute Gasteiger partial charge is 0.231 e. The van der Waals surface area contributed by atoms with Gasteiger partial charge in [0.25, 0.3) is 0 Å². The number of halogens is 1. The van der Waals surface area contributed by atoms with Crippen molar-refractivity contribution in [3.05, 3.63) is 29.6 Å². The van der Waals surface area contributed by atoms with E-state index in [1.807, 2.05) is 6.92 Å². The molecule has 1 aromatic rings. The van der Waals surface area contributed by atoms with Crippen molar-refractivity contribution in [2.24, 2.45) is 5.73 Å². The highest BCUT2D eigenvalue weighted by atomic mass is 19.1. The van der Waals surface area contributed by atoms with Crippen molar-refractivity contribution in [2.45, 2.75) is 13.5 Å². The Hall–Kier alpha value is -1.62. The Kier molecular flexibility index (Phi) is 4.25. The first-order valence-corrected chi connectivity index (χ1v) is 5.08. The average molecular weight is 225 g/mol. The largest absolute Gasteiger partial charge is 0.396 e. The van der Waals surface area contributed by atoms with Gasteiger partial charge in [-0.25, -0.2) is 4.39 Å². The van der Waals surface area contributed by atoms with Gasteiger partial charge in [-0.15, -0.1) is 0 Å². The van der Waals surface area contributed by atoms with Crippen LogP contribution in [-0.4, -0.2) is 23.9 Å². The van der Waals surface area contributed by atoms with Gasteiger partial charge in [0.2, 0.25) is 5.91 Å². The number of carbonyl (C=O) groups excluding carboxylic acids is 1. The second-order valence-corrected chi connectivity index (χ2v) is 3.59. The molecule has 1 rings (SSSR count). The first-order valence-electron chi connectivity index (χ1n) is 5.08. The van der Waals surface area contributed by atoms with E-state index in [1.54, 1.807) is 17.0 Å². The summed E-state index contributed by atoms with van der Waals surface area (Å²) in [4.78, 5) is 12.5. The molecule has 4 N–H and O–H groups in total. The van der Waals surface area contributed by atoms with Crippen molar-refractivity contribution in [3.8, 4) is 0 Å². The van der Waals surface area contributed by atoms with E-state index < -0.39 is 11.7 Å². The van der Waals surface area contributed by atoms with Gasteiger partial charge in [0, 0.05) is 12.1 Å². The number of likely N-dealkylation sites (N-methyl/N-ethyl adjacent to an activating group) is 1. The van der Waals surface area contributed by atoms with Crippen molar-refractivity contribution < 1.29 is 9.18 Å². The summed E-state index contributed by atoms with van der Waals surface area (Å²) >= 11 is 0. The van der Waals surface area contributed by atoms with E-state index in [1.165, 1.54) is 6.07 Å². The maximum absolute atomic E-state index is 13.6. The molecule has 0 radical (unpaired) electrons. The normalized spacial score (nSPS) is 10.7. The minimum Gasteiger partial charge on any atom is -0.396 e. The van der Waals surface area contributed by atoms with Crippen molar-refractivity contribution in [1.82, 2.24) is 4.90 Å². The lowest BCUT2D eigenvalue weighted by molar-refractivity contribution is -0.119. The topological polar surface area (TPSA) is 72.3 Å². The van der Waals surface area contributed by atoms with Crippen LogP contribution >= 0.6 is 0 Å². The maximum atomic E-state index is 13.6. The van der Waals surface area contributed by atoms with Crippen LogP contribution in [-0.2, 0) is 11.3 Å². The molecular formula is C11H16FN3O. The minimum absolute atomic E-state index is 0.116. The third-order valence-corrected chi connectivity index (χ3v) is 2.33. The van der Waals surface area contributed by atoms with Crippen molar-refractivity contribution >= 4 is 11.6 Å². The van der Waals surface area contributed by atoms with E-state index in [4.69, 9.17) is 11.5 Å². The number of amides is 1. The molecule has 0 aromatic heterocycles. The van der Waals surface area contributed by atoms with Crippen LogP contribution in [0.1, 0.15) is 12.5 Å². The fraction of sp³-hybridized carbons (Fsp3) is 0.364. The number of primary amides is 1. The number of benzene rings is 1. The van der Waals surface area contributed by atoms with Gasteiger partial charge in [-0.2, -0.15) is 0 Å². The Labute approximate surface area is 94.0 Å². The van der Waals surface area contributed by atoms with Crippen LogP contribution in [0.25, 0.3) is 0 Å². The molecular weight excluding hydrogens is 209 g/mol. The quantitative estimate of drug-likeness (QED) is 0.725. The van der Waals surface area contributed by atoms with Gasteiger partial charge in [0.05, 0.1) is 12.2 Å². The number of hydrogen-bond donors (Lipinski definition) is 2. The Morgan fingerprint density at radius 1 is 1.50 bits per heavy atom. The SMILES string of the molecule is CCN(CC(N)=O)Cc1cccc(N)c1F. The standard InChI is InChI=1S/C11H16FN3O/c1-2-15(7-10(14)16)6-8-4-3-5-9(13)11(8)12/h3-5H,2,6-7,13H2,1H3,(H2,14,16). The summed E-state index contributed by atoms with van der Waals surface area (Å²) in [6, 6.07) is 4.84. The van der Waals surface area contributed by atoms with Crippen LogP contribution in [0, 0.1) is 5.82 Å². The zero-order chi connectivity index (χ0) is 12.1. The van der Waals surface area contributed by atoms with Gasteiger partial charge in [0.1, 0.15) is 0 Å². The van der Waals surface area contributed by atoms with Crippen LogP contribution in [0.3, 0.4) is 0 Å². The van der Waals surface area contributed by atoms with E-state index in [0.717, 1.165) is 0 Å². The minimum atomic E-state index is -0.426. The van der Waals surface area contributed by atoms with Crippen molar-refractivity contribution in [3.63, 3.8) is 0 Å². The van der Waals surface area contributed by atoms with Gasteiger partial charge in [-0.05, 0) is 12.6 Å². The van der Waals surface area contributed by atoms with Crippen molar-refractivity contribution in [2.75, 3.05) is 18.8 Å². The zero-order valence-electron chi connectivity index (χ0n) is 9.24. The Bertz CT molecular complexity index is 381. The number of rotatable bonds is 5. The molecule has 0 aliphatic heterocycles. The maximum Gasteiger partial charge on any atom is 0.231 e. The molecule has 16 heavy (non-hydrogen) atoms. The van der Waals surface area contributed by atoms with Crippen LogP contribution in [0.4, 0.5) is 10.1 Å². The molecule has 0 spiro atoms.